The van der Waals surface area contributed by atoms with Gasteiger partial charge in [0.1, 0.15) is 29.5 Å². The lowest BCUT2D eigenvalue weighted by molar-refractivity contribution is -0.0415. The SMILES string of the molecule is C.CC(C)(C)[Si](C)(C)OCCc1oc(Cl)cc1C=O.CCCc1oc(Cl)cc1C(O)c1cc(C2OCCO2)sc1C.Cc1sc(C2OCCO2)cc1Br.Cc1sc(C=O)cc1C1OCCc2oc(Cl)cc21. The third-order valence-corrected chi connectivity index (χ3v) is 21.4. The van der Waals surface area contributed by atoms with E-state index in [-0.39, 0.29) is 36.4 Å². The first kappa shape index (κ1) is 59.4. The number of aryl methyl sites for hydroxylation is 4. The molecule has 2 unspecified atom stereocenters. The Hall–Kier alpha value is -2.43. The maximum atomic E-state index is 10.8. The molecule has 0 aliphatic carbocycles. The van der Waals surface area contributed by atoms with Gasteiger partial charge in [-0.05, 0) is 125 Å². The molecule has 9 rings (SSSR count). The fraction of sp³-hybridized carbons (Fsp3) is 0.490. The number of rotatable bonds is 13. The minimum Gasteiger partial charge on any atom is -0.449 e. The molecule has 0 radical (unpaired) electrons. The van der Waals surface area contributed by atoms with E-state index < -0.39 is 14.4 Å². The second-order valence-corrected chi connectivity index (χ2v) is 28.7. The molecule has 6 aromatic rings. The van der Waals surface area contributed by atoms with Crippen LogP contribution in [-0.4, -0.2) is 65.6 Å². The summed E-state index contributed by atoms with van der Waals surface area (Å²) in [5.41, 5.74) is 4.12. The maximum Gasteiger partial charge on any atom is 0.194 e. The molecule has 0 saturated carbocycles. The summed E-state index contributed by atoms with van der Waals surface area (Å²) in [6.07, 6.45) is 3.28. The first-order valence-corrected chi connectivity index (χ1v) is 30.1. The van der Waals surface area contributed by atoms with Crippen molar-refractivity contribution in [3.05, 3.63) is 131 Å². The highest BCUT2D eigenvalue weighted by Crippen LogP contribution is 2.42. The Kier molecular flexibility index (Phi) is 22.5. The Labute approximate surface area is 453 Å². The molecule has 2 atom stereocenters. The van der Waals surface area contributed by atoms with Crippen molar-refractivity contribution in [1.82, 2.24) is 0 Å². The highest BCUT2D eigenvalue weighted by Gasteiger charge is 2.37. The molecule has 3 aliphatic rings. The number of hydrogen-bond donors (Lipinski definition) is 1. The Balaban J connectivity index is 0.000000178. The summed E-state index contributed by atoms with van der Waals surface area (Å²) in [7, 11) is -1.74. The lowest BCUT2D eigenvalue weighted by atomic mass is 9.99. The second-order valence-electron chi connectivity index (χ2n) is 18.1. The van der Waals surface area contributed by atoms with Crippen LogP contribution in [0.2, 0.25) is 33.8 Å². The molecule has 0 spiro atoms. The van der Waals surface area contributed by atoms with Gasteiger partial charge in [0, 0.05) is 74.3 Å². The van der Waals surface area contributed by atoms with Gasteiger partial charge >= 0.3 is 0 Å². The fourth-order valence-electron chi connectivity index (χ4n) is 7.38. The lowest BCUT2D eigenvalue weighted by Gasteiger charge is -2.36. The molecule has 71 heavy (non-hydrogen) atoms. The molecule has 0 aromatic carbocycles. The van der Waals surface area contributed by atoms with Gasteiger partial charge in [0.2, 0.25) is 0 Å². The summed E-state index contributed by atoms with van der Waals surface area (Å²) in [5, 5.41) is 11.9. The molecular weight excluding hydrogens is 1120 g/mol. The molecular formula is C51H64BrCl3O12S3Si. The van der Waals surface area contributed by atoms with Crippen molar-refractivity contribution in [3.8, 4) is 0 Å². The number of carbonyl (C=O) groups excluding carboxylic acids is 2. The van der Waals surface area contributed by atoms with E-state index in [1.54, 1.807) is 34.8 Å². The smallest absolute Gasteiger partial charge is 0.194 e. The topological polar surface area (TPSA) is 149 Å². The first-order valence-electron chi connectivity index (χ1n) is 22.8. The van der Waals surface area contributed by atoms with Crippen molar-refractivity contribution in [3.63, 3.8) is 0 Å². The predicted molar refractivity (Wildman–Crippen MR) is 289 cm³/mol. The van der Waals surface area contributed by atoms with Crippen LogP contribution in [0.5, 0.6) is 0 Å². The van der Waals surface area contributed by atoms with Gasteiger partial charge in [-0.3, -0.25) is 9.59 Å². The molecule has 20 heteroatoms. The number of aliphatic hydroxyl groups excluding tert-OH is 1. The van der Waals surface area contributed by atoms with Gasteiger partial charge in [0.15, 0.2) is 49.1 Å². The number of hydrogen-bond acceptors (Lipinski definition) is 15. The van der Waals surface area contributed by atoms with Crippen LogP contribution < -0.4 is 0 Å². The molecule has 2 saturated heterocycles. The fourth-order valence-corrected chi connectivity index (χ4v) is 12.6. The van der Waals surface area contributed by atoms with Crippen LogP contribution in [0.4, 0.5) is 0 Å². The molecule has 0 bridgehead atoms. The van der Waals surface area contributed by atoms with Gasteiger partial charge in [-0.15, -0.1) is 34.0 Å². The number of carbonyl (C=O) groups is 2. The summed E-state index contributed by atoms with van der Waals surface area (Å²) in [5.74, 6) is 2.24. The third-order valence-electron chi connectivity index (χ3n) is 12.1. The zero-order valence-corrected chi connectivity index (χ0v) is 48.0. The molecule has 2 fully saturated rings. The Morgan fingerprint density at radius 3 is 1.89 bits per heavy atom. The van der Waals surface area contributed by atoms with Gasteiger partial charge in [0.05, 0.1) is 53.2 Å². The number of aldehydes is 2. The predicted octanol–water partition coefficient (Wildman–Crippen LogP) is 16.0. The van der Waals surface area contributed by atoms with E-state index in [0.29, 0.717) is 72.7 Å². The average molecular weight is 1180 g/mol. The minimum atomic E-state index is -1.74. The number of aliphatic hydroxyl groups is 1. The Morgan fingerprint density at radius 1 is 0.732 bits per heavy atom. The summed E-state index contributed by atoms with van der Waals surface area (Å²) >= 11 is 25.8. The van der Waals surface area contributed by atoms with Crippen LogP contribution >= 0.6 is 84.7 Å². The number of thiophene rings is 3. The second kappa shape index (κ2) is 26.9. The van der Waals surface area contributed by atoms with E-state index in [1.165, 1.54) is 22.3 Å². The summed E-state index contributed by atoms with van der Waals surface area (Å²) < 4.78 is 51.0. The molecule has 1 N–H and O–H groups in total. The van der Waals surface area contributed by atoms with E-state index in [1.807, 2.05) is 26.0 Å². The van der Waals surface area contributed by atoms with Crippen LogP contribution in [0.3, 0.4) is 0 Å². The Bertz CT molecular complexity index is 2630. The van der Waals surface area contributed by atoms with Gasteiger partial charge in [0.25, 0.3) is 0 Å². The summed E-state index contributed by atoms with van der Waals surface area (Å²) in [6.45, 7) is 22.9. The van der Waals surface area contributed by atoms with Gasteiger partial charge in [-0.2, -0.15) is 0 Å². The molecule has 12 nitrogen and oxygen atoms in total. The van der Waals surface area contributed by atoms with Crippen molar-refractivity contribution >= 4 is 106 Å². The minimum absolute atomic E-state index is 0. The Morgan fingerprint density at radius 2 is 1.32 bits per heavy atom. The molecule has 0 amide bonds. The summed E-state index contributed by atoms with van der Waals surface area (Å²) in [6, 6.07) is 11.0. The largest absolute Gasteiger partial charge is 0.449 e. The number of ether oxygens (including phenoxy) is 5. The third kappa shape index (κ3) is 15.6. The zero-order valence-electron chi connectivity index (χ0n) is 40.7. The van der Waals surface area contributed by atoms with E-state index in [4.69, 9.17) is 76.2 Å². The van der Waals surface area contributed by atoms with Crippen LogP contribution in [0.15, 0.2) is 54.1 Å². The van der Waals surface area contributed by atoms with Crippen molar-refractivity contribution in [2.24, 2.45) is 0 Å². The first-order chi connectivity index (χ1) is 33.2. The average Bonchev–Trinajstić information content (AvgIpc) is 4.16. The lowest BCUT2D eigenvalue weighted by Crippen LogP contribution is -2.41. The van der Waals surface area contributed by atoms with Crippen LogP contribution in [0.25, 0.3) is 0 Å². The molecule has 3 aliphatic heterocycles. The number of furan rings is 3. The normalized spacial score (nSPS) is 16.5. The van der Waals surface area contributed by atoms with Gasteiger partial charge < -0.3 is 46.5 Å². The highest BCUT2D eigenvalue weighted by molar-refractivity contribution is 9.10. The quantitative estimate of drug-likeness (QED) is 0.0866. The van der Waals surface area contributed by atoms with E-state index in [9.17, 15) is 14.7 Å². The van der Waals surface area contributed by atoms with E-state index >= 15 is 0 Å². The van der Waals surface area contributed by atoms with E-state index in [0.717, 1.165) is 89.6 Å². The van der Waals surface area contributed by atoms with Crippen LogP contribution in [-0.2, 0) is 47.4 Å². The number of halogens is 4. The molecule has 390 valence electrons. The van der Waals surface area contributed by atoms with Crippen LogP contribution in [0.1, 0.15) is 150 Å². The van der Waals surface area contributed by atoms with Gasteiger partial charge in [-0.1, -0.05) is 35.1 Å². The van der Waals surface area contributed by atoms with Crippen LogP contribution in [0, 0.1) is 20.8 Å². The zero-order chi connectivity index (χ0) is 50.9. The maximum absolute atomic E-state index is 10.8. The van der Waals surface area contributed by atoms with Crippen molar-refractivity contribution in [2.45, 2.75) is 124 Å². The summed E-state index contributed by atoms with van der Waals surface area (Å²) in [4.78, 5) is 27.9. The van der Waals surface area contributed by atoms with Crippen molar-refractivity contribution in [1.29, 1.82) is 0 Å². The standard InChI is InChI=1S/C16H19ClO4S.C13H11ClO3S.C13H21ClO3Si.C8H9BrO2S.CH4/c1-3-4-12-11(8-14(17)21-12)15(18)10-7-13(22-9(10)2)16-19-5-6-20-16;1-7-9(4-8(6-15)18-7)13-10-5-12(14)17-11(10)2-3-16-13;1-13(2,3)18(4,5)16-7-6-11-10(9-15)8-12(14)17-11;1-5-6(9)4-7(12-5)8-10-2-3-11-8;/h7-8,15-16,18H,3-6H2,1-2H3;4-6,13H,2-3H2,1H3;8-9H,6-7H2,1-5H3;4,8H,2-3H2,1H3;1H4. The van der Waals surface area contributed by atoms with Crippen molar-refractivity contribution < 1.29 is 56.1 Å². The monoisotopic (exact) mass is 1180 g/mol. The van der Waals surface area contributed by atoms with Gasteiger partial charge in [-0.25, -0.2) is 0 Å². The number of fused-ring (bicyclic) bond motifs is 1. The molecule has 6 aromatic heterocycles. The van der Waals surface area contributed by atoms with E-state index in [2.05, 4.69) is 69.7 Å². The van der Waals surface area contributed by atoms with Crippen molar-refractivity contribution in [2.75, 3.05) is 39.6 Å². The highest BCUT2D eigenvalue weighted by atomic mass is 79.9. The molecule has 9 heterocycles.